The van der Waals surface area contributed by atoms with E-state index in [2.05, 4.69) is 0 Å². The summed E-state index contributed by atoms with van der Waals surface area (Å²) in [5, 5.41) is 4.72. The maximum absolute atomic E-state index is 12.6. The van der Waals surface area contributed by atoms with Gasteiger partial charge in [-0.1, -0.05) is 53.5 Å². The minimum Gasteiger partial charge on any atom is -0.444 e. The number of hydrogen-bond acceptors (Lipinski definition) is 5. The lowest BCUT2D eigenvalue weighted by atomic mass is 10.1. The number of hydrogen-bond donors (Lipinski definition) is 1. The minimum absolute atomic E-state index is 0.137. The predicted molar refractivity (Wildman–Crippen MR) is 101 cm³/mol. The van der Waals surface area contributed by atoms with Gasteiger partial charge in [0.1, 0.15) is 4.90 Å². The van der Waals surface area contributed by atoms with Crippen molar-refractivity contribution < 1.29 is 22.7 Å². The molecule has 0 fully saturated rings. The van der Waals surface area contributed by atoms with Crippen LogP contribution in [-0.2, 0) is 19.6 Å². The maximum Gasteiger partial charge on any atom is 0.340 e. The van der Waals surface area contributed by atoms with Gasteiger partial charge in [0.15, 0.2) is 0 Å². The SMILES string of the molecule is CN(C)C(=O)C(OC(=O)c1cc(S(N)(=O)=O)c(Cl)cc1Cl)c1ccccc1. The van der Waals surface area contributed by atoms with Crippen molar-refractivity contribution in [1.82, 2.24) is 4.90 Å². The van der Waals surface area contributed by atoms with Gasteiger partial charge in [0.2, 0.25) is 16.1 Å². The Kier molecular flexibility index (Phi) is 6.48. The van der Waals surface area contributed by atoms with Crippen LogP contribution in [0.5, 0.6) is 0 Å². The molecule has 1 unspecified atom stereocenters. The number of nitrogens with two attached hydrogens (primary N) is 1. The van der Waals surface area contributed by atoms with E-state index in [1.165, 1.54) is 19.0 Å². The second-order valence-corrected chi connectivity index (χ2v) is 8.08. The van der Waals surface area contributed by atoms with E-state index < -0.39 is 32.9 Å². The van der Waals surface area contributed by atoms with E-state index in [-0.39, 0.29) is 15.6 Å². The van der Waals surface area contributed by atoms with Crippen molar-refractivity contribution in [3.05, 3.63) is 63.6 Å². The molecular weight excluding hydrogens is 415 g/mol. The molecule has 0 aliphatic rings. The lowest BCUT2D eigenvalue weighted by molar-refractivity contribution is -0.138. The van der Waals surface area contributed by atoms with E-state index in [1.54, 1.807) is 30.3 Å². The topological polar surface area (TPSA) is 107 Å². The second kappa shape index (κ2) is 8.26. The van der Waals surface area contributed by atoms with Gasteiger partial charge < -0.3 is 9.64 Å². The zero-order valence-electron chi connectivity index (χ0n) is 14.3. The first kappa shape index (κ1) is 21.2. The average Bonchev–Trinajstić information content (AvgIpc) is 2.58. The van der Waals surface area contributed by atoms with Crippen LogP contribution in [0.25, 0.3) is 0 Å². The summed E-state index contributed by atoms with van der Waals surface area (Å²) in [5.41, 5.74) is 0.166. The summed E-state index contributed by atoms with van der Waals surface area (Å²) in [6.45, 7) is 0. The van der Waals surface area contributed by atoms with Crippen LogP contribution in [0.15, 0.2) is 47.4 Å². The Balaban J connectivity index is 2.45. The number of esters is 1. The first-order chi connectivity index (χ1) is 12.5. The Morgan fingerprint density at radius 2 is 1.67 bits per heavy atom. The molecule has 0 spiro atoms. The summed E-state index contributed by atoms with van der Waals surface area (Å²) >= 11 is 11.8. The fourth-order valence-electron chi connectivity index (χ4n) is 2.20. The molecule has 0 bridgehead atoms. The number of nitrogens with zero attached hydrogens (tertiary/aromatic N) is 1. The standard InChI is InChI=1S/C17H16Cl2N2O5S/c1-21(2)16(22)15(10-6-4-3-5-7-10)26-17(23)11-8-14(27(20,24)25)13(19)9-12(11)18/h3-9,15H,1-2H3,(H2,20,24,25). The van der Waals surface area contributed by atoms with Gasteiger partial charge in [0, 0.05) is 19.7 Å². The molecule has 0 aliphatic carbocycles. The Labute approximate surface area is 166 Å². The molecule has 1 amide bonds. The first-order valence-corrected chi connectivity index (χ1v) is 9.81. The van der Waals surface area contributed by atoms with Crippen LogP contribution in [0.4, 0.5) is 0 Å². The third-order valence-electron chi connectivity index (χ3n) is 3.54. The number of sulfonamides is 1. The Bertz CT molecular complexity index is 978. The van der Waals surface area contributed by atoms with Gasteiger partial charge in [-0.25, -0.2) is 18.4 Å². The number of rotatable bonds is 5. The van der Waals surface area contributed by atoms with Crippen LogP contribution >= 0.6 is 23.2 Å². The van der Waals surface area contributed by atoms with Crippen LogP contribution in [-0.4, -0.2) is 39.3 Å². The van der Waals surface area contributed by atoms with Crippen molar-refractivity contribution >= 4 is 45.1 Å². The van der Waals surface area contributed by atoms with E-state index in [0.29, 0.717) is 5.56 Å². The molecule has 2 N–H and O–H groups in total. The highest BCUT2D eigenvalue weighted by Crippen LogP contribution is 2.30. The second-order valence-electron chi connectivity index (χ2n) is 5.74. The molecule has 0 aromatic heterocycles. The number of ether oxygens (including phenoxy) is 1. The summed E-state index contributed by atoms with van der Waals surface area (Å²) in [6, 6.07) is 10.4. The molecule has 0 aliphatic heterocycles. The van der Waals surface area contributed by atoms with Gasteiger partial charge >= 0.3 is 5.97 Å². The van der Waals surface area contributed by atoms with Crippen molar-refractivity contribution in [1.29, 1.82) is 0 Å². The molecule has 144 valence electrons. The zero-order chi connectivity index (χ0) is 20.4. The third kappa shape index (κ3) is 4.98. The summed E-state index contributed by atoms with van der Waals surface area (Å²) in [6.07, 6.45) is -1.24. The number of likely N-dealkylation sites (N-methyl/N-ethyl adjacent to an activating group) is 1. The monoisotopic (exact) mass is 430 g/mol. The van der Waals surface area contributed by atoms with Crippen molar-refractivity contribution in [2.45, 2.75) is 11.0 Å². The number of halogens is 2. The summed E-state index contributed by atoms with van der Waals surface area (Å²) in [7, 11) is -1.16. The normalized spacial score (nSPS) is 12.3. The van der Waals surface area contributed by atoms with E-state index in [0.717, 1.165) is 12.1 Å². The van der Waals surface area contributed by atoms with E-state index >= 15 is 0 Å². The molecule has 0 saturated heterocycles. The maximum atomic E-state index is 12.6. The molecule has 2 aromatic rings. The lowest BCUT2D eigenvalue weighted by Gasteiger charge is -2.21. The van der Waals surface area contributed by atoms with Gasteiger partial charge in [0.25, 0.3) is 5.91 Å². The molecule has 10 heteroatoms. The number of amides is 1. The average molecular weight is 431 g/mol. The van der Waals surface area contributed by atoms with E-state index in [9.17, 15) is 18.0 Å². The van der Waals surface area contributed by atoms with Gasteiger partial charge in [-0.3, -0.25) is 4.79 Å². The zero-order valence-corrected chi connectivity index (χ0v) is 16.7. The summed E-state index contributed by atoms with van der Waals surface area (Å²) in [5.74, 6) is -1.48. The third-order valence-corrected chi connectivity index (χ3v) is 5.23. The van der Waals surface area contributed by atoms with Crippen LogP contribution < -0.4 is 5.14 Å². The van der Waals surface area contributed by atoms with Crippen LogP contribution in [0.3, 0.4) is 0 Å². The van der Waals surface area contributed by atoms with Crippen molar-refractivity contribution in [2.24, 2.45) is 5.14 Å². The van der Waals surface area contributed by atoms with Gasteiger partial charge in [-0.05, 0) is 12.1 Å². The van der Waals surface area contributed by atoms with Crippen molar-refractivity contribution in [2.75, 3.05) is 14.1 Å². The quantitative estimate of drug-likeness (QED) is 0.733. The number of primary sulfonamides is 1. The molecule has 2 rings (SSSR count). The van der Waals surface area contributed by atoms with Gasteiger partial charge in [-0.15, -0.1) is 0 Å². The first-order valence-electron chi connectivity index (χ1n) is 7.51. The van der Waals surface area contributed by atoms with Crippen LogP contribution in [0, 0.1) is 0 Å². The summed E-state index contributed by atoms with van der Waals surface area (Å²) < 4.78 is 28.6. The molecule has 1 atom stereocenters. The van der Waals surface area contributed by atoms with Gasteiger partial charge in [-0.2, -0.15) is 0 Å². The van der Waals surface area contributed by atoms with E-state index in [1.807, 2.05) is 0 Å². The number of benzene rings is 2. The molecule has 0 saturated carbocycles. The predicted octanol–water partition coefficient (Wildman–Crippen LogP) is 2.63. The largest absolute Gasteiger partial charge is 0.444 e. The molecule has 2 aromatic carbocycles. The number of carbonyl (C=O) groups is 2. The molecule has 27 heavy (non-hydrogen) atoms. The Hall–Kier alpha value is -2.13. The Morgan fingerprint density at radius 3 is 2.19 bits per heavy atom. The molecular formula is C17H16Cl2N2O5S. The highest BCUT2D eigenvalue weighted by molar-refractivity contribution is 7.89. The van der Waals surface area contributed by atoms with Crippen LogP contribution in [0.2, 0.25) is 10.0 Å². The van der Waals surface area contributed by atoms with Crippen molar-refractivity contribution in [3.63, 3.8) is 0 Å². The minimum atomic E-state index is -4.19. The highest BCUT2D eigenvalue weighted by atomic mass is 35.5. The summed E-state index contributed by atoms with van der Waals surface area (Å²) in [4.78, 5) is 25.9. The molecule has 7 nitrogen and oxygen atoms in total. The van der Waals surface area contributed by atoms with E-state index in [4.69, 9.17) is 33.1 Å². The highest BCUT2D eigenvalue weighted by Gasteiger charge is 2.29. The van der Waals surface area contributed by atoms with Crippen molar-refractivity contribution in [3.8, 4) is 0 Å². The molecule has 0 heterocycles. The lowest BCUT2D eigenvalue weighted by Crippen LogP contribution is -2.31. The van der Waals surface area contributed by atoms with Gasteiger partial charge in [0.05, 0.1) is 15.6 Å². The number of carbonyl (C=O) groups excluding carboxylic acids is 2. The fourth-order valence-corrected chi connectivity index (χ4v) is 3.59. The molecule has 0 radical (unpaired) electrons. The smallest absolute Gasteiger partial charge is 0.340 e. The van der Waals surface area contributed by atoms with Crippen LogP contribution in [0.1, 0.15) is 22.0 Å². The fraction of sp³-hybridized carbons (Fsp3) is 0.176. The Morgan fingerprint density at radius 1 is 1.07 bits per heavy atom.